The smallest absolute Gasteiger partial charge is 0.338 e. The topological polar surface area (TPSA) is 89.5 Å². The van der Waals surface area contributed by atoms with E-state index in [9.17, 15) is 18.0 Å². The summed E-state index contributed by atoms with van der Waals surface area (Å²) in [7, 11) is -3.45. The summed E-state index contributed by atoms with van der Waals surface area (Å²) in [4.78, 5) is 24.0. The van der Waals surface area contributed by atoms with Gasteiger partial charge in [-0.15, -0.1) is 0 Å². The zero-order chi connectivity index (χ0) is 18.6. The molecule has 0 aromatic heterocycles. The van der Waals surface area contributed by atoms with Gasteiger partial charge < -0.3 is 10.1 Å². The van der Waals surface area contributed by atoms with Crippen LogP contribution in [0, 0.1) is 6.92 Å². The Morgan fingerprint density at radius 3 is 2.48 bits per heavy atom. The molecule has 0 aliphatic rings. The van der Waals surface area contributed by atoms with Gasteiger partial charge in [0.25, 0.3) is 5.91 Å². The highest BCUT2D eigenvalue weighted by molar-refractivity contribution is 7.90. The lowest BCUT2D eigenvalue weighted by atomic mass is 10.1. The van der Waals surface area contributed by atoms with Crippen molar-refractivity contribution in [2.45, 2.75) is 11.8 Å². The molecule has 0 heterocycles. The number of anilines is 1. The van der Waals surface area contributed by atoms with Gasteiger partial charge in [0.15, 0.2) is 16.4 Å². The fraction of sp³-hybridized carbons (Fsp3) is 0.176. The van der Waals surface area contributed by atoms with Gasteiger partial charge in [-0.1, -0.05) is 29.8 Å². The molecule has 0 radical (unpaired) electrons. The van der Waals surface area contributed by atoms with Crippen LogP contribution in [-0.4, -0.2) is 33.2 Å². The van der Waals surface area contributed by atoms with E-state index in [-0.39, 0.29) is 10.5 Å². The van der Waals surface area contributed by atoms with Gasteiger partial charge in [-0.2, -0.15) is 0 Å². The number of aryl methyl sites for hydroxylation is 1. The van der Waals surface area contributed by atoms with Crippen molar-refractivity contribution >= 4 is 39.0 Å². The molecule has 6 nitrogen and oxygen atoms in total. The lowest BCUT2D eigenvalue weighted by Gasteiger charge is -2.10. The Kier molecular flexibility index (Phi) is 5.81. The Hall–Kier alpha value is -2.38. The van der Waals surface area contributed by atoms with Gasteiger partial charge in [-0.05, 0) is 36.8 Å². The van der Waals surface area contributed by atoms with Crippen molar-refractivity contribution in [3.63, 3.8) is 0 Å². The second-order valence-electron chi connectivity index (χ2n) is 5.35. The summed E-state index contributed by atoms with van der Waals surface area (Å²) in [6.45, 7) is 1.12. The summed E-state index contributed by atoms with van der Waals surface area (Å²) >= 11 is 5.93. The number of carbonyl (C=O) groups is 2. The predicted molar refractivity (Wildman–Crippen MR) is 94.7 cm³/mol. The minimum atomic E-state index is -3.45. The number of hydrogen-bond acceptors (Lipinski definition) is 5. The van der Waals surface area contributed by atoms with E-state index in [1.165, 1.54) is 18.2 Å². The van der Waals surface area contributed by atoms with Crippen LogP contribution in [0.2, 0.25) is 5.02 Å². The van der Waals surface area contributed by atoms with Gasteiger partial charge in [0, 0.05) is 6.26 Å². The van der Waals surface area contributed by atoms with Gasteiger partial charge >= 0.3 is 5.97 Å². The van der Waals surface area contributed by atoms with Crippen molar-refractivity contribution in [1.29, 1.82) is 0 Å². The molecule has 0 aliphatic heterocycles. The van der Waals surface area contributed by atoms with Crippen molar-refractivity contribution in [1.82, 2.24) is 0 Å². The van der Waals surface area contributed by atoms with E-state index in [1.54, 1.807) is 31.2 Å². The number of amides is 1. The highest BCUT2D eigenvalue weighted by Crippen LogP contribution is 2.20. The van der Waals surface area contributed by atoms with Gasteiger partial charge in [0.1, 0.15) is 0 Å². The Balaban J connectivity index is 2.05. The van der Waals surface area contributed by atoms with Crippen molar-refractivity contribution in [2.24, 2.45) is 0 Å². The average Bonchev–Trinajstić information content (AvgIpc) is 2.54. The van der Waals surface area contributed by atoms with Crippen molar-refractivity contribution < 1.29 is 22.7 Å². The normalized spacial score (nSPS) is 11.0. The number of esters is 1. The molecule has 2 aromatic rings. The summed E-state index contributed by atoms with van der Waals surface area (Å²) < 4.78 is 28.1. The lowest BCUT2D eigenvalue weighted by molar-refractivity contribution is -0.119. The third-order valence-corrected chi connectivity index (χ3v) is 4.78. The molecular weight excluding hydrogens is 366 g/mol. The summed E-state index contributed by atoms with van der Waals surface area (Å²) in [6, 6.07) is 10.8. The maximum absolute atomic E-state index is 12.1. The van der Waals surface area contributed by atoms with Gasteiger partial charge in [0.2, 0.25) is 0 Å². The molecule has 0 saturated carbocycles. The molecule has 0 unspecified atom stereocenters. The van der Waals surface area contributed by atoms with Crippen LogP contribution in [0.15, 0.2) is 47.4 Å². The first kappa shape index (κ1) is 19.0. The number of carbonyl (C=O) groups excluding carboxylic acids is 2. The van der Waals surface area contributed by atoms with Crippen LogP contribution >= 0.6 is 11.6 Å². The maximum atomic E-state index is 12.1. The van der Waals surface area contributed by atoms with Gasteiger partial charge in [-0.25, -0.2) is 13.2 Å². The number of hydrogen-bond donors (Lipinski definition) is 1. The van der Waals surface area contributed by atoms with E-state index >= 15 is 0 Å². The molecule has 0 saturated heterocycles. The first-order valence-corrected chi connectivity index (χ1v) is 9.47. The molecule has 2 aromatic carbocycles. The number of benzene rings is 2. The molecule has 1 N–H and O–H groups in total. The fourth-order valence-electron chi connectivity index (χ4n) is 2.01. The molecular formula is C17H16ClNO5S. The zero-order valence-electron chi connectivity index (χ0n) is 13.6. The van der Waals surface area contributed by atoms with E-state index in [2.05, 4.69) is 5.32 Å². The van der Waals surface area contributed by atoms with E-state index in [1.807, 2.05) is 0 Å². The van der Waals surface area contributed by atoms with Gasteiger partial charge in [-0.3, -0.25) is 4.79 Å². The highest BCUT2D eigenvalue weighted by Gasteiger charge is 2.17. The monoisotopic (exact) mass is 381 g/mol. The van der Waals surface area contributed by atoms with Crippen molar-refractivity contribution in [3.8, 4) is 0 Å². The maximum Gasteiger partial charge on any atom is 0.338 e. The molecule has 0 bridgehead atoms. The van der Waals surface area contributed by atoms with Crippen LogP contribution in [-0.2, 0) is 19.4 Å². The third kappa shape index (κ3) is 5.04. The highest BCUT2D eigenvalue weighted by atomic mass is 35.5. The number of para-hydroxylation sites is 1. The van der Waals surface area contributed by atoms with E-state index in [0.29, 0.717) is 16.3 Å². The van der Waals surface area contributed by atoms with Crippen LogP contribution in [0.1, 0.15) is 15.9 Å². The summed E-state index contributed by atoms with van der Waals surface area (Å²) in [5.41, 5.74) is 1.04. The minimum absolute atomic E-state index is 0.00516. The molecule has 0 spiro atoms. The molecule has 1 amide bonds. The lowest BCUT2D eigenvalue weighted by Crippen LogP contribution is -2.21. The Labute approximate surface area is 150 Å². The molecule has 8 heteroatoms. The van der Waals surface area contributed by atoms with E-state index in [4.69, 9.17) is 16.3 Å². The second-order valence-corrected chi connectivity index (χ2v) is 7.78. The minimum Gasteiger partial charge on any atom is -0.452 e. The van der Waals surface area contributed by atoms with Crippen molar-refractivity contribution in [2.75, 3.05) is 18.2 Å². The quantitative estimate of drug-likeness (QED) is 0.804. The first-order valence-electron chi connectivity index (χ1n) is 7.20. The number of halogens is 1. The molecule has 25 heavy (non-hydrogen) atoms. The predicted octanol–water partition coefficient (Wildman–Crippen LogP) is 2.85. The number of sulfone groups is 1. The van der Waals surface area contributed by atoms with Crippen LogP contribution < -0.4 is 5.32 Å². The summed E-state index contributed by atoms with van der Waals surface area (Å²) in [6.07, 6.45) is 1.05. The molecule has 0 aliphatic carbocycles. The molecule has 0 atom stereocenters. The first-order chi connectivity index (χ1) is 11.7. The van der Waals surface area contributed by atoms with Crippen LogP contribution in [0.3, 0.4) is 0 Å². The van der Waals surface area contributed by atoms with Crippen LogP contribution in [0.5, 0.6) is 0 Å². The Bertz CT molecular complexity index is 924. The Morgan fingerprint density at radius 2 is 1.84 bits per heavy atom. The van der Waals surface area contributed by atoms with Gasteiger partial charge in [0.05, 0.1) is 21.2 Å². The Morgan fingerprint density at radius 1 is 1.16 bits per heavy atom. The molecule has 0 fully saturated rings. The molecule has 132 valence electrons. The number of ether oxygens (including phenoxy) is 1. The van der Waals surface area contributed by atoms with Crippen LogP contribution in [0.25, 0.3) is 0 Å². The summed E-state index contributed by atoms with van der Waals surface area (Å²) in [5, 5.41) is 2.88. The zero-order valence-corrected chi connectivity index (χ0v) is 15.1. The van der Waals surface area contributed by atoms with Crippen molar-refractivity contribution in [3.05, 3.63) is 58.6 Å². The summed E-state index contributed by atoms with van der Waals surface area (Å²) in [5.74, 6) is -1.34. The molecule has 2 rings (SSSR count). The average molecular weight is 382 g/mol. The standard InChI is InChI=1S/C17H16ClNO5S/c1-11-7-8-12(25(2,22)23)9-13(11)17(21)24-10-16(20)19-15-6-4-3-5-14(15)18/h3-9H,10H2,1-2H3,(H,19,20). The SMILES string of the molecule is Cc1ccc(S(C)(=O)=O)cc1C(=O)OCC(=O)Nc1ccccc1Cl. The number of nitrogens with one attached hydrogen (secondary N) is 1. The third-order valence-electron chi connectivity index (χ3n) is 3.34. The van der Waals surface area contributed by atoms with Crippen LogP contribution in [0.4, 0.5) is 5.69 Å². The van der Waals surface area contributed by atoms with E-state index in [0.717, 1.165) is 6.26 Å². The largest absolute Gasteiger partial charge is 0.452 e. The number of rotatable bonds is 5. The van der Waals surface area contributed by atoms with E-state index < -0.39 is 28.3 Å². The second kappa shape index (κ2) is 7.67. The fourth-order valence-corrected chi connectivity index (χ4v) is 2.84.